The van der Waals surface area contributed by atoms with Crippen LogP contribution in [0.3, 0.4) is 0 Å². The van der Waals surface area contributed by atoms with E-state index in [1.165, 1.54) is 0 Å². The molecular formula is C12H11Cl. The van der Waals surface area contributed by atoms with Gasteiger partial charge in [-0.15, -0.1) is 0 Å². The highest BCUT2D eigenvalue weighted by atomic mass is 35.5. The fourth-order valence-electron chi connectivity index (χ4n) is 0.984. The van der Waals surface area contributed by atoms with Gasteiger partial charge in [-0.2, -0.15) is 0 Å². The Bertz CT molecular complexity index is 427. The third kappa shape index (κ3) is 2.92. The molecule has 0 spiro atoms. The number of hydrogen-bond donors (Lipinski definition) is 0. The van der Waals surface area contributed by atoms with Crippen molar-refractivity contribution in [3.05, 3.63) is 58.5 Å². The molecule has 0 aliphatic carbocycles. The molecule has 66 valence electrons. The maximum atomic E-state index is 5.89. The monoisotopic (exact) mass is 190 g/mol. The second-order valence-corrected chi connectivity index (χ2v) is 3.07. The van der Waals surface area contributed by atoms with E-state index in [1.54, 1.807) is 12.2 Å². The van der Waals surface area contributed by atoms with Gasteiger partial charge in [0.1, 0.15) is 0 Å². The first-order chi connectivity index (χ1) is 6.24. The summed E-state index contributed by atoms with van der Waals surface area (Å²) in [6, 6.07) is 7.83. The van der Waals surface area contributed by atoms with Crippen molar-refractivity contribution in [3.63, 3.8) is 0 Å². The molecule has 0 amide bonds. The van der Waals surface area contributed by atoms with Crippen LogP contribution in [0.5, 0.6) is 0 Å². The van der Waals surface area contributed by atoms with Crippen LogP contribution in [0.1, 0.15) is 0 Å². The highest BCUT2D eigenvalue weighted by molar-refractivity contribution is 6.34. The molecule has 1 rings (SSSR count). The van der Waals surface area contributed by atoms with Crippen molar-refractivity contribution >= 4 is 24.3 Å². The largest absolute Gasteiger partial charge is 0.0990 e. The number of rotatable bonds is 2. The van der Waals surface area contributed by atoms with Crippen molar-refractivity contribution in [1.82, 2.24) is 0 Å². The molecule has 0 bridgehead atoms. The van der Waals surface area contributed by atoms with Gasteiger partial charge >= 0.3 is 0 Å². The summed E-state index contributed by atoms with van der Waals surface area (Å²) < 4.78 is 0. The zero-order valence-electron chi connectivity index (χ0n) is 7.33. The van der Waals surface area contributed by atoms with Crippen molar-refractivity contribution in [1.29, 1.82) is 0 Å². The fourth-order valence-corrected chi connectivity index (χ4v) is 1.19. The Kier molecular flexibility index (Phi) is 3.53. The van der Waals surface area contributed by atoms with Crippen molar-refractivity contribution in [2.24, 2.45) is 0 Å². The molecule has 1 aromatic carbocycles. The maximum absolute atomic E-state index is 5.89. The van der Waals surface area contributed by atoms with Crippen molar-refractivity contribution in [2.75, 3.05) is 0 Å². The number of hydrogen-bond acceptors (Lipinski definition) is 0. The van der Waals surface area contributed by atoms with Crippen molar-refractivity contribution in [2.45, 2.75) is 0 Å². The predicted molar refractivity (Wildman–Crippen MR) is 59.8 cm³/mol. The van der Waals surface area contributed by atoms with E-state index in [0.29, 0.717) is 5.03 Å². The van der Waals surface area contributed by atoms with Crippen LogP contribution in [0, 0.1) is 0 Å². The first-order valence-corrected chi connectivity index (χ1v) is 4.36. The lowest BCUT2D eigenvalue weighted by Crippen LogP contribution is -2.21. The van der Waals surface area contributed by atoms with Crippen LogP contribution in [0.25, 0.3) is 12.7 Å². The lowest BCUT2D eigenvalue weighted by Gasteiger charge is -1.88. The van der Waals surface area contributed by atoms with Crippen LogP contribution in [-0.4, -0.2) is 0 Å². The number of allylic oxidation sites excluding steroid dienone is 3. The smallest absolute Gasteiger partial charge is 0.0411 e. The van der Waals surface area contributed by atoms with Gasteiger partial charge in [0, 0.05) is 5.03 Å². The molecule has 1 aromatic rings. The molecule has 13 heavy (non-hydrogen) atoms. The standard InChI is InChI=1S/C12H11Cl/c1-3-6-12(13)9-11-8-5-4-7-10(11)2/h3-9H,1-2H2/b11-9-,12-6+. The Morgan fingerprint density at radius 1 is 1.31 bits per heavy atom. The van der Waals surface area contributed by atoms with Gasteiger partial charge in [0.05, 0.1) is 0 Å². The van der Waals surface area contributed by atoms with E-state index >= 15 is 0 Å². The molecule has 1 heteroatoms. The summed E-state index contributed by atoms with van der Waals surface area (Å²) in [5.41, 5.74) is 0. The van der Waals surface area contributed by atoms with Gasteiger partial charge in [-0.05, 0) is 22.6 Å². The Morgan fingerprint density at radius 3 is 2.62 bits per heavy atom. The quantitative estimate of drug-likeness (QED) is 0.628. The summed E-state index contributed by atoms with van der Waals surface area (Å²) in [6.45, 7) is 7.46. The van der Waals surface area contributed by atoms with Gasteiger partial charge in [-0.1, -0.05) is 55.1 Å². The fraction of sp³-hybridized carbons (Fsp3) is 0. The zero-order valence-corrected chi connectivity index (χ0v) is 8.09. The van der Waals surface area contributed by atoms with Gasteiger partial charge in [0.15, 0.2) is 0 Å². The molecule has 0 aliphatic heterocycles. The highest BCUT2D eigenvalue weighted by Gasteiger charge is 1.84. The summed E-state index contributed by atoms with van der Waals surface area (Å²) in [5.74, 6) is 0. The Balaban J connectivity index is 3.22. The van der Waals surface area contributed by atoms with E-state index in [9.17, 15) is 0 Å². The minimum atomic E-state index is 0.658. The second-order valence-electron chi connectivity index (χ2n) is 2.63. The molecule has 0 N–H and O–H groups in total. The number of halogens is 1. The summed E-state index contributed by atoms with van der Waals surface area (Å²) in [4.78, 5) is 0. The molecule has 0 radical (unpaired) electrons. The van der Waals surface area contributed by atoms with Gasteiger partial charge in [-0.25, -0.2) is 0 Å². The summed E-state index contributed by atoms with van der Waals surface area (Å²) >= 11 is 5.89. The zero-order chi connectivity index (χ0) is 9.68. The normalized spacial score (nSPS) is 13.0. The van der Waals surface area contributed by atoms with Crippen LogP contribution in [0.15, 0.2) is 48.0 Å². The molecule has 0 heterocycles. The van der Waals surface area contributed by atoms with E-state index in [2.05, 4.69) is 13.2 Å². The first kappa shape index (κ1) is 9.82. The van der Waals surface area contributed by atoms with Crippen molar-refractivity contribution < 1.29 is 0 Å². The molecule has 0 nitrogen and oxygen atoms in total. The Labute approximate surface area is 83.2 Å². The van der Waals surface area contributed by atoms with E-state index in [1.807, 2.05) is 30.3 Å². The highest BCUT2D eigenvalue weighted by Crippen LogP contribution is 2.01. The van der Waals surface area contributed by atoms with Gasteiger partial charge < -0.3 is 0 Å². The lowest BCUT2D eigenvalue weighted by molar-refractivity contribution is 1.53. The minimum Gasteiger partial charge on any atom is -0.0990 e. The molecule has 0 aliphatic rings. The lowest BCUT2D eigenvalue weighted by atomic mass is 10.2. The van der Waals surface area contributed by atoms with Crippen molar-refractivity contribution in [3.8, 4) is 0 Å². The first-order valence-electron chi connectivity index (χ1n) is 3.98. The predicted octanol–water partition coefficient (Wildman–Crippen LogP) is 2.19. The van der Waals surface area contributed by atoms with E-state index in [-0.39, 0.29) is 0 Å². The SMILES string of the molecule is C=C/C=C(Cl)\C=c1\ccccc1=C. The van der Waals surface area contributed by atoms with E-state index < -0.39 is 0 Å². The van der Waals surface area contributed by atoms with Crippen LogP contribution in [0.2, 0.25) is 0 Å². The Morgan fingerprint density at radius 2 is 2.00 bits per heavy atom. The topological polar surface area (TPSA) is 0 Å². The summed E-state index contributed by atoms with van der Waals surface area (Å²) in [5, 5.41) is 2.66. The van der Waals surface area contributed by atoms with Crippen LogP contribution in [0.4, 0.5) is 0 Å². The molecule has 0 saturated heterocycles. The van der Waals surface area contributed by atoms with Gasteiger partial charge in [-0.3, -0.25) is 0 Å². The minimum absolute atomic E-state index is 0.658. The van der Waals surface area contributed by atoms with E-state index in [4.69, 9.17) is 11.6 Å². The second kappa shape index (κ2) is 4.68. The van der Waals surface area contributed by atoms with E-state index in [0.717, 1.165) is 10.4 Å². The van der Waals surface area contributed by atoms with Gasteiger partial charge in [0.25, 0.3) is 0 Å². The average Bonchev–Trinajstić information content (AvgIpc) is 2.09. The molecule has 0 fully saturated rings. The molecule has 0 unspecified atom stereocenters. The van der Waals surface area contributed by atoms with Crippen LogP contribution < -0.4 is 10.4 Å². The van der Waals surface area contributed by atoms with Gasteiger partial charge in [0.2, 0.25) is 0 Å². The summed E-state index contributed by atoms with van der Waals surface area (Å²) in [6.07, 6.45) is 5.27. The molecule has 0 saturated carbocycles. The van der Waals surface area contributed by atoms with Crippen LogP contribution >= 0.6 is 11.6 Å². The third-order valence-electron chi connectivity index (χ3n) is 1.63. The molecule has 0 aromatic heterocycles. The molecule has 0 atom stereocenters. The third-order valence-corrected chi connectivity index (χ3v) is 1.86. The Hall–Kier alpha value is -1.27. The maximum Gasteiger partial charge on any atom is 0.0411 e. The summed E-state index contributed by atoms with van der Waals surface area (Å²) in [7, 11) is 0. The average molecular weight is 191 g/mol. The van der Waals surface area contributed by atoms with Crippen LogP contribution in [-0.2, 0) is 0 Å². The molecular weight excluding hydrogens is 180 g/mol. The number of benzene rings is 1.